The minimum absolute atomic E-state index is 0.0274. The van der Waals surface area contributed by atoms with E-state index in [0.717, 1.165) is 17.7 Å². The molecule has 0 unspecified atom stereocenters. The van der Waals surface area contributed by atoms with Gasteiger partial charge in [0.05, 0.1) is 29.6 Å². The van der Waals surface area contributed by atoms with E-state index in [0.29, 0.717) is 11.6 Å². The molecular formula is C20H16ClF3N4O2. The maximum absolute atomic E-state index is 13.4. The largest absolute Gasteiger partial charge is 0.418 e. The molecule has 0 saturated carbocycles. The van der Waals surface area contributed by atoms with Crippen molar-refractivity contribution in [2.45, 2.75) is 19.6 Å². The van der Waals surface area contributed by atoms with Gasteiger partial charge in [-0.1, -0.05) is 29.8 Å². The predicted octanol–water partition coefficient (Wildman–Crippen LogP) is 4.81. The van der Waals surface area contributed by atoms with E-state index in [2.05, 4.69) is 15.7 Å². The molecule has 0 aliphatic rings. The van der Waals surface area contributed by atoms with E-state index in [4.69, 9.17) is 11.6 Å². The van der Waals surface area contributed by atoms with Crippen molar-refractivity contribution < 1.29 is 22.8 Å². The van der Waals surface area contributed by atoms with Crippen LogP contribution in [0, 0.1) is 0 Å². The second kappa shape index (κ2) is 8.58. The van der Waals surface area contributed by atoms with Gasteiger partial charge in [0, 0.05) is 23.8 Å². The molecule has 0 fully saturated rings. The van der Waals surface area contributed by atoms with Gasteiger partial charge >= 0.3 is 6.18 Å². The van der Waals surface area contributed by atoms with E-state index < -0.39 is 29.2 Å². The fourth-order valence-electron chi connectivity index (χ4n) is 2.73. The van der Waals surface area contributed by atoms with Gasteiger partial charge in [-0.05, 0) is 29.8 Å². The summed E-state index contributed by atoms with van der Waals surface area (Å²) in [5.74, 6) is -1.26. The molecule has 3 rings (SSSR count). The lowest BCUT2D eigenvalue weighted by molar-refractivity contribution is -0.137. The third-order valence-electron chi connectivity index (χ3n) is 4.08. The normalized spacial score (nSPS) is 11.2. The van der Waals surface area contributed by atoms with Crippen molar-refractivity contribution >= 4 is 34.8 Å². The van der Waals surface area contributed by atoms with Crippen LogP contribution in [0.2, 0.25) is 5.02 Å². The lowest BCUT2D eigenvalue weighted by atomic mass is 10.1. The van der Waals surface area contributed by atoms with Crippen molar-refractivity contribution in [1.29, 1.82) is 0 Å². The van der Waals surface area contributed by atoms with Crippen LogP contribution in [-0.4, -0.2) is 21.6 Å². The molecule has 0 radical (unpaired) electrons. The van der Waals surface area contributed by atoms with E-state index in [9.17, 15) is 22.8 Å². The van der Waals surface area contributed by atoms with Gasteiger partial charge in [0.15, 0.2) is 0 Å². The van der Waals surface area contributed by atoms with Crippen LogP contribution in [0.15, 0.2) is 54.9 Å². The molecule has 10 heteroatoms. The third-order valence-corrected chi connectivity index (χ3v) is 4.45. The number of carbonyl (C=O) groups excluding carboxylic acids is 2. The number of anilines is 2. The van der Waals surface area contributed by atoms with E-state index in [1.54, 1.807) is 18.2 Å². The Balaban J connectivity index is 1.80. The van der Waals surface area contributed by atoms with E-state index in [1.807, 2.05) is 6.07 Å². The Morgan fingerprint density at radius 2 is 1.87 bits per heavy atom. The first kappa shape index (κ1) is 21.4. The lowest BCUT2D eigenvalue weighted by Crippen LogP contribution is -2.17. The SMILES string of the molecule is CC(=O)Nc1ccc(NC(=O)c2cnn(Cc3ccccc3Cl)c2)c(C(F)(F)F)c1. The molecular weight excluding hydrogens is 421 g/mol. The molecule has 0 bridgehead atoms. The number of alkyl halides is 3. The topological polar surface area (TPSA) is 76.0 Å². The van der Waals surface area contributed by atoms with Crippen LogP contribution < -0.4 is 10.6 Å². The van der Waals surface area contributed by atoms with Crippen molar-refractivity contribution in [3.8, 4) is 0 Å². The average molecular weight is 437 g/mol. The van der Waals surface area contributed by atoms with Gasteiger partial charge in [0.1, 0.15) is 0 Å². The van der Waals surface area contributed by atoms with E-state index >= 15 is 0 Å². The number of hydrogen-bond donors (Lipinski definition) is 2. The number of nitrogens with zero attached hydrogens (tertiary/aromatic N) is 2. The summed E-state index contributed by atoms with van der Waals surface area (Å²) in [5.41, 5.74) is -0.672. The number of nitrogens with one attached hydrogen (secondary N) is 2. The highest BCUT2D eigenvalue weighted by Gasteiger charge is 2.34. The number of benzene rings is 2. The number of carbonyl (C=O) groups is 2. The minimum atomic E-state index is -4.73. The Morgan fingerprint density at radius 1 is 1.13 bits per heavy atom. The van der Waals surface area contributed by atoms with Crippen molar-refractivity contribution in [2.24, 2.45) is 0 Å². The molecule has 2 aromatic carbocycles. The van der Waals surface area contributed by atoms with Gasteiger partial charge in [-0.3, -0.25) is 14.3 Å². The van der Waals surface area contributed by atoms with Crippen molar-refractivity contribution in [2.75, 3.05) is 10.6 Å². The van der Waals surface area contributed by atoms with Crippen LogP contribution in [0.25, 0.3) is 0 Å². The van der Waals surface area contributed by atoms with Gasteiger partial charge in [-0.25, -0.2) is 0 Å². The molecule has 3 aromatic rings. The van der Waals surface area contributed by atoms with Crippen molar-refractivity contribution in [3.05, 3.63) is 76.6 Å². The van der Waals surface area contributed by atoms with Crippen LogP contribution in [0.3, 0.4) is 0 Å². The molecule has 0 aliphatic carbocycles. The fourth-order valence-corrected chi connectivity index (χ4v) is 2.93. The van der Waals surface area contributed by atoms with Crippen LogP contribution in [0.4, 0.5) is 24.5 Å². The summed E-state index contributed by atoms with van der Waals surface area (Å²) >= 11 is 6.10. The zero-order valence-electron chi connectivity index (χ0n) is 15.6. The Labute approximate surface area is 174 Å². The first-order valence-electron chi connectivity index (χ1n) is 8.69. The Morgan fingerprint density at radius 3 is 2.53 bits per heavy atom. The summed E-state index contributed by atoms with van der Waals surface area (Å²) in [4.78, 5) is 23.6. The van der Waals surface area contributed by atoms with Crippen LogP contribution in [0.5, 0.6) is 0 Å². The molecule has 0 atom stereocenters. The number of amides is 2. The molecule has 6 nitrogen and oxygen atoms in total. The van der Waals surface area contributed by atoms with E-state index in [1.165, 1.54) is 30.1 Å². The standard InChI is InChI=1S/C20H16ClF3N4O2/c1-12(29)26-15-6-7-18(16(8-15)20(22,23)24)27-19(30)14-9-25-28(11-14)10-13-4-2-3-5-17(13)21/h2-9,11H,10H2,1H3,(H,26,29)(H,27,30). The number of aromatic nitrogens is 2. The van der Waals surface area contributed by atoms with Gasteiger partial charge in [-0.2, -0.15) is 18.3 Å². The molecule has 156 valence electrons. The smallest absolute Gasteiger partial charge is 0.326 e. The van der Waals surface area contributed by atoms with Crippen LogP contribution >= 0.6 is 11.6 Å². The van der Waals surface area contributed by atoms with Gasteiger partial charge in [-0.15, -0.1) is 0 Å². The molecule has 0 saturated heterocycles. The van der Waals surface area contributed by atoms with Crippen LogP contribution in [-0.2, 0) is 17.5 Å². The van der Waals surface area contributed by atoms with Crippen molar-refractivity contribution in [3.63, 3.8) is 0 Å². The molecule has 30 heavy (non-hydrogen) atoms. The molecule has 1 heterocycles. The highest BCUT2D eigenvalue weighted by atomic mass is 35.5. The van der Waals surface area contributed by atoms with Crippen molar-refractivity contribution in [1.82, 2.24) is 9.78 Å². The fraction of sp³-hybridized carbons (Fsp3) is 0.150. The summed E-state index contributed by atoms with van der Waals surface area (Å²) in [7, 11) is 0. The Hall–Kier alpha value is -3.33. The molecule has 1 aromatic heterocycles. The van der Waals surface area contributed by atoms with Crippen LogP contribution in [0.1, 0.15) is 28.4 Å². The Kier molecular flexibility index (Phi) is 6.12. The maximum Gasteiger partial charge on any atom is 0.418 e. The summed E-state index contributed by atoms with van der Waals surface area (Å²) in [6.45, 7) is 1.48. The summed E-state index contributed by atoms with van der Waals surface area (Å²) in [6, 6.07) is 10.2. The maximum atomic E-state index is 13.4. The first-order chi connectivity index (χ1) is 14.1. The van der Waals surface area contributed by atoms with E-state index in [-0.39, 0.29) is 11.3 Å². The second-order valence-corrected chi connectivity index (χ2v) is 6.82. The monoisotopic (exact) mass is 436 g/mol. The Bertz CT molecular complexity index is 1100. The number of rotatable bonds is 5. The first-order valence-corrected chi connectivity index (χ1v) is 9.07. The third kappa shape index (κ3) is 5.18. The second-order valence-electron chi connectivity index (χ2n) is 6.41. The van der Waals surface area contributed by atoms with Gasteiger partial charge in [0.25, 0.3) is 5.91 Å². The highest BCUT2D eigenvalue weighted by molar-refractivity contribution is 6.31. The zero-order valence-corrected chi connectivity index (χ0v) is 16.4. The average Bonchev–Trinajstić information content (AvgIpc) is 3.12. The van der Waals surface area contributed by atoms with Gasteiger partial charge < -0.3 is 10.6 Å². The predicted molar refractivity (Wildman–Crippen MR) is 106 cm³/mol. The summed E-state index contributed by atoms with van der Waals surface area (Å²) in [5, 5.41) is 9.13. The minimum Gasteiger partial charge on any atom is -0.326 e. The zero-order chi connectivity index (χ0) is 21.9. The summed E-state index contributed by atoms with van der Waals surface area (Å²) in [6.07, 6.45) is -2.06. The number of hydrogen-bond acceptors (Lipinski definition) is 3. The molecule has 0 aliphatic heterocycles. The molecule has 2 N–H and O–H groups in total. The molecule has 0 spiro atoms. The molecule has 2 amide bonds. The highest BCUT2D eigenvalue weighted by Crippen LogP contribution is 2.36. The lowest BCUT2D eigenvalue weighted by Gasteiger charge is -2.15. The quantitative estimate of drug-likeness (QED) is 0.602. The summed E-state index contributed by atoms with van der Waals surface area (Å²) < 4.78 is 41.7. The number of halogens is 4. The van der Waals surface area contributed by atoms with Gasteiger partial charge in [0.2, 0.25) is 5.91 Å².